The molecule has 1 N–H and O–H groups in total. The van der Waals surface area contributed by atoms with Gasteiger partial charge in [-0.1, -0.05) is 25.1 Å². The number of rotatable bonds is 6. The van der Waals surface area contributed by atoms with Crippen molar-refractivity contribution >= 4 is 17.5 Å². The molecular formula is C24H30N2O3. The molecule has 154 valence electrons. The van der Waals surface area contributed by atoms with Crippen LogP contribution in [0.4, 0.5) is 5.69 Å². The Kier molecular flexibility index (Phi) is 6.91. The molecule has 0 aromatic heterocycles. The Morgan fingerprint density at radius 1 is 1.03 bits per heavy atom. The van der Waals surface area contributed by atoms with Crippen LogP contribution in [0, 0.1) is 13.8 Å². The number of para-hydroxylation sites is 1. The molecule has 2 amide bonds. The summed E-state index contributed by atoms with van der Waals surface area (Å²) in [6.45, 7) is 7.47. The van der Waals surface area contributed by atoms with Crippen molar-refractivity contribution in [2.24, 2.45) is 0 Å². The number of piperidine rings is 1. The second-order valence-electron chi connectivity index (χ2n) is 7.73. The Labute approximate surface area is 173 Å². The molecule has 1 heterocycles. The topological polar surface area (TPSA) is 58.6 Å². The van der Waals surface area contributed by atoms with Crippen molar-refractivity contribution in [3.05, 3.63) is 59.2 Å². The van der Waals surface area contributed by atoms with Crippen molar-refractivity contribution < 1.29 is 14.3 Å². The molecule has 2 aromatic rings. The average Bonchev–Trinajstić information content (AvgIpc) is 2.71. The molecule has 1 aliphatic heterocycles. The maximum Gasteiger partial charge on any atom is 0.265 e. The summed E-state index contributed by atoms with van der Waals surface area (Å²) >= 11 is 0. The molecule has 0 bridgehead atoms. The number of aryl methyl sites for hydroxylation is 2. The third-order valence-electron chi connectivity index (χ3n) is 5.20. The molecule has 3 rings (SSSR count). The Morgan fingerprint density at radius 3 is 2.34 bits per heavy atom. The van der Waals surface area contributed by atoms with E-state index in [9.17, 15) is 9.59 Å². The zero-order chi connectivity index (χ0) is 20.8. The number of nitrogens with one attached hydrogen (secondary N) is 1. The van der Waals surface area contributed by atoms with E-state index in [-0.39, 0.29) is 11.8 Å². The van der Waals surface area contributed by atoms with Gasteiger partial charge in [-0.2, -0.15) is 0 Å². The number of carbonyl (C=O) groups excluding carboxylic acids is 2. The monoisotopic (exact) mass is 394 g/mol. The Balaban J connectivity index is 1.74. The van der Waals surface area contributed by atoms with Crippen LogP contribution in [-0.2, 0) is 4.79 Å². The van der Waals surface area contributed by atoms with Crippen LogP contribution in [0.15, 0.2) is 42.5 Å². The number of ether oxygens (including phenoxy) is 1. The van der Waals surface area contributed by atoms with Gasteiger partial charge in [0.2, 0.25) is 0 Å². The van der Waals surface area contributed by atoms with Gasteiger partial charge in [-0.15, -0.1) is 0 Å². The molecule has 1 atom stereocenters. The smallest absolute Gasteiger partial charge is 0.265 e. The Bertz CT molecular complexity index is 852. The fraction of sp³-hybridized carbons (Fsp3) is 0.417. The number of benzene rings is 2. The summed E-state index contributed by atoms with van der Waals surface area (Å²) in [5, 5.41) is 2.92. The lowest BCUT2D eigenvalue weighted by Gasteiger charge is -2.27. The lowest BCUT2D eigenvalue weighted by molar-refractivity contribution is -0.122. The van der Waals surface area contributed by atoms with E-state index in [1.807, 2.05) is 49.9 Å². The number of carbonyl (C=O) groups is 2. The SMILES string of the molecule is CC[C@H](Oc1cc(C)cc(C)c1)C(=O)Nc1ccccc1C(=O)N1CCCCC1. The van der Waals surface area contributed by atoms with Gasteiger partial charge in [0, 0.05) is 13.1 Å². The first-order chi connectivity index (χ1) is 14.0. The van der Waals surface area contributed by atoms with Crippen molar-refractivity contribution in [1.82, 2.24) is 4.90 Å². The molecule has 0 saturated carbocycles. The molecule has 5 heteroatoms. The van der Waals surface area contributed by atoms with Gasteiger partial charge in [0.15, 0.2) is 6.10 Å². The molecule has 1 saturated heterocycles. The maximum absolute atomic E-state index is 13.0. The summed E-state index contributed by atoms with van der Waals surface area (Å²) in [7, 11) is 0. The molecule has 0 aliphatic carbocycles. The van der Waals surface area contributed by atoms with Crippen LogP contribution in [0.3, 0.4) is 0 Å². The number of hydrogen-bond acceptors (Lipinski definition) is 3. The first-order valence-corrected chi connectivity index (χ1v) is 10.4. The van der Waals surface area contributed by atoms with Gasteiger partial charge in [0.1, 0.15) is 5.75 Å². The summed E-state index contributed by atoms with van der Waals surface area (Å²) < 4.78 is 5.97. The van der Waals surface area contributed by atoms with Crippen molar-refractivity contribution in [1.29, 1.82) is 0 Å². The van der Waals surface area contributed by atoms with E-state index in [1.54, 1.807) is 12.1 Å². The maximum atomic E-state index is 13.0. The normalized spacial score (nSPS) is 14.9. The van der Waals surface area contributed by atoms with Gasteiger partial charge in [-0.3, -0.25) is 9.59 Å². The van der Waals surface area contributed by atoms with Crippen LogP contribution in [0.5, 0.6) is 5.75 Å². The van der Waals surface area contributed by atoms with E-state index >= 15 is 0 Å². The predicted octanol–water partition coefficient (Wildman–Crippen LogP) is 4.73. The van der Waals surface area contributed by atoms with Crippen molar-refractivity contribution in [3.63, 3.8) is 0 Å². The van der Waals surface area contributed by atoms with E-state index in [0.717, 1.165) is 43.5 Å². The molecule has 2 aromatic carbocycles. The van der Waals surface area contributed by atoms with Crippen molar-refractivity contribution in [3.8, 4) is 5.75 Å². The molecule has 29 heavy (non-hydrogen) atoms. The van der Waals surface area contributed by atoms with Gasteiger partial charge in [-0.25, -0.2) is 0 Å². The number of amides is 2. The van der Waals surface area contributed by atoms with E-state index < -0.39 is 6.10 Å². The van der Waals surface area contributed by atoms with Gasteiger partial charge in [0.25, 0.3) is 11.8 Å². The van der Waals surface area contributed by atoms with Gasteiger partial charge in [-0.05, 0) is 74.9 Å². The van der Waals surface area contributed by atoms with Crippen LogP contribution >= 0.6 is 0 Å². The summed E-state index contributed by atoms with van der Waals surface area (Å²) in [6, 6.07) is 13.1. The van der Waals surface area contributed by atoms with Crippen LogP contribution in [0.1, 0.15) is 54.1 Å². The number of nitrogens with zero attached hydrogens (tertiary/aromatic N) is 1. The average molecular weight is 395 g/mol. The molecule has 5 nitrogen and oxygen atoms in total. The van der Waals surface area contributed by atoms with Crippen LogP contribution in [0.25, 0.3) is 0 Å². The summed E-state index contributed by atoms with van der Waals surface area (Å²) in [6.07, 6.45) is 3.12. The van der Waals surface area contributed by atoms with Gasteiger partial charge in [0.05, 0.1) is 11.3 Å². The number of likely N-dealkylation sites (tertiary alicyclic amines) is 1. The molecule has 0 unspecified atom stereocenters. The zero-order valence-electron chi connectivity index (χ0n) is 17.5. The largest absolute Gasteiger partial charge is 0.481 e. The number of anilines is 1. The summed E-state index contributed by atoms with van der Waals surface area (Å²) in [5.41, 5.74) is 3.25. The lowest BCUT2D eigenvalue weighted by atomic mass is 10.1. The van der Waals surface area contributed by atoms with E-state index in [4.69, 9.17) is 4.74 Å². The van der Waals surface area contributed by atoms with Crippen LogP contribution in [0.2, 0.25) is 0 Å². The molecule has 1 fully saturated rings. The fourth-order valence-corrected chi connectivity index (χ4v) is 3.75. The third kappa shape index (κ3) is 5.37. The first-order valence-electron chi connectivity index (χ1n) is 10.4. The second-order valence-corrected chi connectivity index (χ2v) is 7.73. The summed E-state index contributed by atoms with van der Waals surface area (Å²) in [4.78, 5) is 27.7. The molecular weight excluding hydrogens is 364 g/mol. The minimum Gasteiger partial charge on any atom is -0.481 e. The minimum atomic E-state index is -0.630. The first kappa shape index (κ1) is 20.9. The highest BCUT2D eigenvalue weighted by Crippen LogP contribution is 2.22. The van der Waals surface area contributed by atoms with E-state index in [1.165, 1.54) is 0 Å². The molecule has 1 aliphatic rings. The highest BCUT2D eigenvalue weighted by molar-refractivity contribution is 6.04. The third-order valence-corrected chi connectivity index (χ3v) is 5.20. The standard InChI is InChI=1S/C24H30N2O3/c1-4-22(29-19-15-17(2)14-18(3)16-19)23(27)25-21-11-7-6-10-20(21)24(28)26-12-8-5-9-13-26/h6-7,10-11,14-16,22H,4-5,8-9,12-13H2,1-3H3,(H,25,27)/t22-/m0/s1. The highest BCUT2D eigenvalue weighted by atomic mass is 16.5. The number of hydrogen-bond donors (Lipinski definition) is 1. The quantitative estimate of drug-likeness (QED) is 0.771. The Morgan fingerprint density at radius 2 is 1.69 bits per heavy atom. The predicted molar refractivity (Wildman–Crippen MR) is 115 cm³/mol. The second kappa shape index (κ2) is 9.59. The minimum absolute atomic E-state index is 0.0242. The van der Waals surface area contributed by atoms with E-state index in [2.05, 4.69) is 11.4 Å². The van der Waals surface area contributed by atoms with Crippen molar-refractivity contribution in [2.45, 2.75) is 52.6 Å². The highest BCUT2D eigenvalue weighted by Gasteiger charge is 2.24. The molecule has 0 radical (unpaired) electrons. The van der Waals surface area contributed by atoms with Crippen molar-refractivity contribution in [2.75, 3.05) is 18.4 Å². The Hall–Kier alpha value is -2.82. The fourth-order valence-electron chi connectivity index (χ4n) is 3.75. The van der Waals surface area contributed by atoms with Crippen LogP contribution < -0.4 is 10.1 Å². The summed E-state index contributed by atoms with van der Waals surface area (Å²) in [5.74, 6) is 0.414. The lowest BCUT2D eigenvalue weighted by Crippen LogP contribution is -2.37. The van der Waals surface area contributed by atoms with E-state index in [0.29, 0.717) is 23.4 Å². The van der Waals surface area contributed by atoms with Gasteiger partial charge >= 0.3 is 0 Å². The molecule has 0 spiro atoms. The van der Waals surface area contributed by atoms with Gasteiger partial charge < -0.3 is 15.0 Å². The van der Waals surface area contributed by atoms with Crippen LogP contribution in [-0.4, -0.2) is 35.9 Å². The zero-order valence-corrected chi connectivity index (χ0v) is 17.5.